The van der Waals surface area contributed by atoms with Gasteiger partial charge in [0.15, 0.2) is 5.69 Å². The zero-order valence-corrected chi connectivity index (χ0v) is 20.3. The third kappa shape index (κ3) is 4.07. The van der Waals surface area contributed by atoms with Crippen molar-refractivity contribution in [1.82, 2.24) is 30.3 Å². The summed E-state index contributed by atoms with van der Waals surface area (Å²) in [5.41, 5.74) is 3.24. The van der Waals surface area contributed by atoms with E-state index >= 15 is 0 Å². The Morgan fingerprint density at radius 2 is 2.06 bits per heavy atom. The highest BCUT2D eigenvalue weighted by molar-refractivity contribution is 6.30. The van der Waals surface area contributed by atoms with Crippen LogP contribution in [-0.2, 0) is 4.79 Å². The Bertz CT molecular complexity index is 1320. The van der Waals surface area contributed by atoms with E-state index in [9.17, 15) is 9.59 Å². The highest BCUT2D eigenvalue weighted by Crippen LogP contribution is 2.47. The SMILES string of the molecule is Cc1cc(N2C[C@H]3C[C@H]3C2=O)ncc1C(C)n1cc(C(=O)NC2CC(c3cc(Cl)ccn3)C2)nn1. The Balaban J connectivity index is 1.08. The summed E-state index contributed by atoms with van der Waals surface area (Å²) in [4.78, 5) is 35.9. The molecular formula is C25H26ClN7O2. The largest absolute Gasteiger partial charge is 0.348 e. The van der Waals surface area contributed by atoms with Crippen LogP contribution in [0.25, 0.3) is 0 Å². The summed E-state index contributed by atoms with van der Waals surface area (Å²) in [6.07, 6.45) is 7.84. The van der Waals surface area contributed by atoms with Gasteiger partial charge >= 0.3 is 0 Å². The maximum atomic E-state index is 12.7. The van der Waals surface area contributed by atoms with Crippen LogP contribution in [0.5, 0.6) is 0 Å². The lowest BCUT2D eigenvalue weighted by Crippen LogP contribution is -2.43. The molecule has 2 saturated carbocycles. The monoisotopic (exact) mass is 491 g/mol. The van der Waals surface area contributed by atoms with Crippen LogP contribution in [0.3, 0.4) is 0 Å². The van der Waals surface area contributed by atoms with E-state index in [1.54, 1.807) is 34.2 Å². The topological polar surface area (TPSA) is 106 Å². The van der Waals surface area contributed by atoms with Gasteiger partial charge in [-0.3, -0.25) is 19.5 Å². The average molecular weight is 492 g/mol. The van der Waals surface area contributed by atoms with Crippen LogP contribution < -0.4 is 10.2 Å². The first-order chi connectivity index (χ1) is 16.9. The molecular weight excluding hydrogens is 466 g/mol. The van der Waals surface area contributed by atoms with Crippen molar-refractivity contribution in [3.8, 4) is 0 Å². The Kier molecular flexibility index (Phi) is 5.32. The molecule has 2 amide bonds. The molecule has 3 atom stereocenters. The number of carbonyl (C=O) groups excluding carboxylic acids is 2. The number of fused-ring (bicyclic) bond motifs is 1. The molecule has 1 unspecified atom stereocenters. The summed E-state index contributed by atoms with van der Waals surface area (Å²) >= 11 is 6.06. The molecule has 0 spiro atoms. The number of hydrogen-bond acceptors (Lipinski definition) is 6. The second-order valence-electron chi connectivity index (χ2n) is 9.95. The minimum absolute atomic E-state index is 0.0779. The normalized spacial score (nSPS) is 25.7. The number of nitrogens with zero attached hydrogens (tertiary/aromatic N) is 6. The van der Waals surface area contributed by atoms with Crippen molar-refractivity contribution in [1.29, 1.82) is 0 Å². The van der Waals surface area contributed by atoms with Gasteiger partial charge in [0.1, 0.15) is 5.82 Å². The van der Waals surface area contributed by atoms with E-state index in [1.165, 1.54) is 0 Å². The fourth-order valence-corrected chi connectivity index (χ4v) is 5.38. The molecule has 3 aromatic heterocycles. The number of amides is 2. The smallest absolute Gasteiger partial charge is 0.273 e. The van der Waals surface area contributed by atoms with Gasteiger partial charge in [0.25, 0.3) is 5.91 Å². The van der Waals surface area contributed by atoms with Crippen molar-refractivity contribution < 1.29 is 9.59 Å². The number of aryl methyl sites for hydroxylation is 1. The molecule has 10 heteroatoms. The van der Waals surface area contributed by atoms with Gasteiger partial charge in [-0.25, -0.2) is 9.67 Å². The van der Waals surface area contributed by atoms with Crippen molar-refractivity contribution in [3.63, 3.8) is 0 Å². The lowest BCUT2D eigenvalue weighted by molar-refractivity contribution is -0.118. The van der Waals surface area contributed by atoms with Gasteiger partial charge in [-0.2, -0.15) is 0 Å². The summed E-state index contributed by atoms with van der Waals surface area (Å²) in [5.74, 6) is 1.67. The fraction of sp³-hybridized carbons (Fsp3) is 0.440. The third-order valence-electron chi connectivity index (χ3n) is 7.56. The molecule has 2 aliphatic carbocycles. The molecule has 1 aliphatic heterocycles. The molecule has 3 fully saturated rings. The number of anilines is 1. The summed E-state index contributed by atoms with van der Waals surface area (Å²) < 4.78 is 1.67. The molecule has 0 radical (unpaired) electrons. The lowest BCUT2D eigenvalue weighted by atomic mass is 9.78. The number of halogens is 1. The number of piperidine rings is 1. The fourth-order valence-electron chi connectivity index (χ4n) is 5.21. The summed E-state index contributed by atoms with van der Waals surface area (Å²) in [7, 11) is 0. The molecule has 9 nitrogen and oxygen atoms in total. The molecule has 1 N–H and O–H groups in total. The lowest BCUT2D eigenvalue weighted by Gasteiger charge is -2.35. The van der Waals surface area contributed by atoms with Gasteiger partial charge in [-0.1, -0.05) is 16.8 Å². The Labute approximate surface area is 207 Å². The van der Waals surface area contributed by atoms with Crippen LogP contribution in [0.4, 0.5) is 5.82 Å². The Morgan fingerprint density at radius 1 is 1.23 bits per heavy atom. The van der Waals surface area contributed by atoms with Gasteiger partial charge in [0.05, 0.1) is 12.2 Å². The minimum Gasteiger partial charge on any atom is -0.348 e. The molecule has 4 heterocycles. The predicted molar refractivity (Wildman–Crippen MR) is 129 cm³/mol. The average Bonchev–Trinajstić information content (AvgIpc) is 3.27. The van der Waals surface area contributed by atoms with Gasteiger partial charge in [-0.15, -0.1) is 5.10 Å². The maximum absolute atomic E-state index is 12.7. The van der Waals surface area contributed by atoms with Crippen LogP contribution in [-0.4, -0.2) is 49.4 Å². The van der Waals surface area contributed by atoms with Crippen LogP contribution in [0.15, 0.2) is 36.8 Å². The summed E-state index contributed by atoms with van der Waals surface area (Å²) in [6.45, 7) is 4.76. The van der Waals surface area contributed by atoms with Crippen molar-refractivity contribution in [2.75, 3.05) is 11.4 Å². The summed E-state index contributed by atoms with van der Waals surface area (Å²) in [6, 6.07) is 5.52. The van der Waals surface area contributed by atoms with Crippen molar-refractivity contribution in [2.45, 2.75) is 51.1 Å². The number of hydrogen-bond donors (Lipinski definition) is 1. The number of nitrogens with one attached hydrogen (secondary N) is 1. The van der Waals surface area contributed by atoms with Gasteiger partial charge in [0, 0.05) is 47.5 Å². The van der Waals surface area contributed by atoms with E-state index in [2.05, 4.69) is 25.6 Å². The van der Waals surface area contributed by atoms with E-state index in [-0.39, 0.29) is 35.5 Å². The molecule has 35 heavy (non-hydrogen) atoms. The summed E-state index contributed by atoms with van der Waals surface area (Å²) in [5, 5.41) is 12.0. The maximum Gasteiger partial charge on any atom is 0.273 e. The molecule has 1 saturated heterocycles. The number of pyridine rings is 2. The minimum atomic E-state index is -0.234. The van der Waals surface area contributed by atoms with Crippen molar-refractivity contribution in [3.05, 3.63) is 64.3 Å². The van der Waals surface area contributed by atoms with E-state index in [4.69, 9.17) is 11.6 Å². The van der Waals surface area contributed by atoms with E-state index in [0.29, 0.717) is 22.7 Å². The Morgan fingerprint density at radius 3 is 2.77 bits per heavy atom. The van der Waals surface area contributed by atoms with E-state index < -0.39 is 0 Å². The van der Waals surface area contributed by atoms with Crippen molar-refractivity contribution >= 4 is 29.2 Å². The number of carbonyl (C=O) groups is 2. The Hall–Kier alpha value is -3.33. The first-order valence-corrected chi connectivity index (χ1v) is 12.4. The standard InChI is InChI=1S/C25H26ClN7O2/c1-13-5-23(32-11-16-8-19(16)25(32)35)28-10-20(13)14(2)33-12-22(30-31-33)24(34)29-18-6-15(7-18)21-9-17(26)3-4-27-21/h3-5,9-10,12,14-16,18-19H,6-8,11H2,1-2H3,(H,29,34)/t14?,15?,16-,18?,19-/m1/s1. The second kappa shape index (κ2) is 8.41. The molecule has 6 rings (SSSR count). The van der Waals surface area contributed by atoms with Crippen LogP contribution in [0, 0.1) is 18.8 Å². The molecule has 0 bridgehead atoms. The number of rotatable bonds is 6. The quantitative estimate of drug-likeness (QED) is 0.567. The predicted octanol–water partition coefficient (Wildman–Crippen LogP) is 3.30. The van der Waals surface area contributed by atoms with Crippen molar-refractivity contribution in [2.24, 2.45) is 11.8 Å². The molecule has 180 valence electrons. The van der Waals surface area contributed by atoms with Gasteiger partial charge < -0.3 is 5.32 Å². The molecule has 3 aliphatic rings. The van der Waals surface area contributed by atoms with Crippen LogP contribution in [0.1, 0.15) is 65.5 Å². The zero-order valence-electron chi connectivity index (χ0n) is 19.6. The molecule has 0 aromatic carbocycles. The second-order valence-corrected chi connectivity index (χ2v) is 10.4. The zero-order chi connectivity index (χ0) is 24.3. The van der Waals surface area contributed by atoms with Crippen LogP contribution in [0.2, 0.25) is 5.02 Å². The van der Waals surface area contributed by atoms with Crippen LogP contribution >= 0.6 is 11.6 Å². The third-order valence-corrected chi connectivity index (χ3v) is 7.80. The highest BCUT2D eigenvalue weighted by atomic mass is 35.5. The first-order valence-electron chi connectivity index (χ1n) is 12.0. The first kappa shape index (κ1) is 22.2. The van der Waals surface area contributed by atoms with E-state index in [0.717, 1.165) is 42.6 Å². The van der Waals surface area contributed by atoms with E-state index in [1.807, 2.05) is 26.0 Å². The highest BCUT2D eigenvalue weighted by Gasteiger charge is 2.52. The number of aromatic nitrogens is 5. The van der Waals surface area contributed by atoms with Gasteiger partial charge in [-0.05, 0) is 68.4 Å². The molecule has 3 aromatic rings. The van der Waals surface area contributed by atoms with Gasteiger partial charge in [0.2, 0.25) is 5.91 Å².